The topological polar surface area (TPSA) is 35.5 Å². The van der Waals surface area contributed by atoms with E-state index in [1.807, 2.05) is 39.8 Å². The monoisotopic (exact) mass is 248 g/mol. The summed E-state index contributed by atoms with van der Waals surface area (Å²) in [5.74, 6) is 0.364. The highest BCUT2D eigenvalue weighted by Crippen LogP contribution is 2.27. The molecule has 0 fully saturated rings. The van der Waals surface area contributed by atoms with Gasteiger partial charge in [-0.05, 0) is 46.3 Å². The Kier molecular flexibility index (Phi) is 3.60. The molecule has 1 aliphatic carbocycles. The summed E-state index contributed by atoms with van der Waals surface area (Å²) in [5, 5.41) is 0. The summed E-state index contributed by atoms with van der Waals surface area (Å²) < 4.78 is 11.3. The molecule has 2 atom stereocenters. The molecular weight excluding hydrogens is 228 g/mol. The Morgan fingerprint density at radius 1 is 1.06 bits per heavy atom. The number of rotatable bonds is 0. The van der Waals surface area contributed by atoms with Crippen molar-refractivity contribution in [1.82, 2.24) is 0 Å². The quantitative estimate of drug-likeness (QED) is 0.617. The van der Waals surface area contributed by atoms with Crippen LogP contribution >= 0.6 is 0 Å². The molecule has 0 bridgehead atoms. The lowest BCUT2D eigenvalue weighted by Gasteiger charge is -2.24. The molecule has 1 heterocycles. The summed E-state index contributed by atoms with van der Waals surface area (Å²) in [6, 6.07) is 0. The zero-order valence-corrected chi connectivity index (χ0v) is 11.4. The van der Waals surface area contributed by atoms with Gasteiger partial charge in [-0.3, -0.25) is 0 Å². The fourth-order valence-corrected chi connectivity index (χ4v) is 2.44. The summed E-state index contributed by atoms with van der Waals surface area (Å²) in [6.07, 6.45) is 5.37. The summed E-state index contributed by atoms with van der Waals surface area (Å²) in [4.78, 5) is 12.1. The van der Waals surface area contributed by atoms with Crippen LogP contribution in [0, 0.1) is 0 Å². The van der Waals surface area contributed by atoms with Crippen LogP contribution in [0.1, 0.15) is 40.5 Å². The minimum atomic E-state index is -0.283. The highest BCUT2D eigenvalue weighted by atomic mass is 16.6. The van der Waals surface area contributed by atoms with Gasteiger partial charge in [0.15, 0.2) is 0 Å². The number of ether oxygens (including phenoxy) is 2. The second-order valence-electron chi connectivity index (χ2n) is 5.32. The predicted octanol–water partition coefficient (Wildman–Crippen LogP) is 3.28. The van der Waals surface area contributed by atoms with Gasteiger partial charge in [0.1, 0.15) is 17.4 Å². The number of cyclic esters (lactones) is 1. The van der Waals surface area contributed by atoms with Crippen LogP contribution in [0.25, 0.3) is 0 Å². The van der Waals surface area contributed by atoms with Crippen molar-refractivity contribution in [2.24, 2.45) is 0 Å². The second-order valence-corrected chi connectivity index (χ2v) is 5.32. The SMILES string of the molecule is CC1=CC2=C(C=C(C)C1)C(=O)O[C@H](C)C[C@H](C)O2. The third-order valence-electron chi connectivity index (χ3n) is 3.11. The van der Waals surface area contributed by atoms with Gasteiger partial charge in [-0.15, -0.1) is 0 Å². The molecule has 1 aliphatic heterocycles. The molecule has 0 saturated heterocycles. The predicted molar refractivity (Wildman–Crippen MR) is 69.9 cm³/mol. The Balaban J connectivity index is 2.46. The highest BCUT2D eigenvalue weighted by molar-refractivity contribution is 5.93. The lowest BCUT2D eigenvalue weighted by Crippen LogP contribution is -2.26. The fourth-order valence-electron chi connectivity index (χ4n) is 2.44. The van der Waals surface area contributed by atoms with Crippen LogP contribution in [-0.4, -0.2) is 18.2 Å². The van der Waals surface area contributed by atoms with Crippen molar-refractivity contribution in [3.8, 4) is 0 Å². The lowest BCUT2D eigenvalue weighted by atomic mass is 10.1. The average Bonchev–Trinajstić information content (AvgIpc) is 2.35. The van der Waals surface area contributed by atoms with E-state index in [2.05, 4.69) is 0 Å². The Labute approximate surface area is 108 Å². The minimum Gasteiger partial charge on any atom is -0.490 e. The first-order valence-corrected chi connectivity index (χ1v) is 6.42. The Morgan fingerprint density at radius 2 is 1.67 bits per heavy atom. The first-order chi connectivity index (χ1) is 8.45. The number of esters is 1. The molecule has 2 rings (SSSR count). The molecule has 0 radical (unpaired) electrons. The van der Waals surface area contributed by atoms with Crippen molar-refractivity contribution in [2.45, 2.75) is 52.7 Å². The number of allylic oxidation sites excluding steroid dienone is 3. The van der Waals surface area contributed by atoms with Crippen LogP contribution in [0.4, 0.5) is 0 Å². The first kappa shape index (κ1) is 12.9. The van der Waals surface area contributed by atoms with Crippen molar-refractivity contribution < 1.29 is 14.3 Å². The third-order valence-corrected chi connectivity index (χ3v) is 3.11. The molecule has 0 unspecified atom stereocenters. The molecular formula is C15H20O3. The fraction of sp³-hybridized carbons (Fsp3) is 0.533. The van der Waals surface area contributed by atoms with E-state index in [0.29, 0.717) is 11.3 Å². The molecule has 0 amide bonds. The summed E-state index contributed by atoms with van der Waals surface area (Å²) in [7, 11) is 0. The summed E-state index contributed by atoms with van der Waals surface area (Å²) in [5.41, 5.74) is 2.89. The largest absolute Gasteiger partial charge is 0.490 e. The molecule has 0 spiro atoms. The van der Waals surface area contributed by atoms with Crippen LogP contribution in [0.15, 0.2) is 34.6 Å². The third kappa shape index (κ3) is 2.84. The van der Waals surface area contributed by atoms with E-state index in [4.69, 9.17) is 9.47 Å². The van der Waals surface area contributed by atoms with Gasteiger partial charge in [-0.25, -0.2) is 4.79 Å². The van der Waals surface area contributed by atoms with Crippen molar-refractivity contribution in [3.63, 3.8) is 0 Å². The lowest BCUT2D eigenvalue weighted by molar-refractivity contribution is -0.145. The van der Waals surface area contributed by atoms with E-state index >= 15 is 0 Å². The van der Waals surface area contributed by atoms with E-state index in [1.165, 1.54) is 5.57 Å². The van der Waals surface area contributed by atoms with Gasteiger partial charge < -0.3 is 9.47 Å². The number of carbonyl (C=O) groups excluding carboxylic acids is 1. The van der Waals surface area contributed by atoms with Gasteiger partial charge in [-0.2, -0.15) is 0 Å². The van der Waals surface area contributed by atoms with Gasteiger partial charge in [0, 0.05) is 6.42 Å². The summed E-state index contributed by atoms with van der Waals surface area (Å²) in [6.45, 7) is 7.98. The first-order valence-electron chi connectivity index (χ1n) is 6.42. The van der Waals surface area contributed by atoms with Crippen LogP contribution in [-0.2, 0) is 14.3 Å². The zero-order valence-electron chi connectivity index (χ0n) is 11.4. The maximum absolute atomic E-state index is 12.1. The van der Waals surface area contributed by atoms with Gasteiger partial charge in [0.05, 0.1) is 6.10 Å². The van der Waals surface area contributed by atoms with Crippen LogP contribution < -0.4 is 0 Å². The van der Waals surface area contributed by atoms with Crippen LogP contribution in [0.5, 0.6) is 0 Å². The van der Waals surface area contributed by atoms with Gasteiger partial charge in [0.2, 0.25) is 0 Å². The number of hydrogen-bond acceptors (Lipinski definition) is 3. The Hall–Kier alpha value is -1.51. The molecule has 3 nitrogen and oxygen atoms in total. The second kappa shape index (κ2) is 5.01. The smallest absolute Gasteiger partial charge is 0.342 e. The van der Waals surface area contributed by atoms with Crippen LogP contribution in [0.2, 0.25) is 0 Å². The highest BCUT2D eigenvalue weighted by Gasteiger charge is 2.25. The molecule has 98 valence electrons. The number of carbonyl (C=O) groups is 1. The van der Waals surface area contributed by atoms with E-state index < -0.39 is 0 Å². The minimum absolute atomic E-state index is 0.0500. The zero-order chi connectivity index (χ0) is 13.3. The maximum Gasteiger partial charge on any atom is 0.342 e. The number of hydrogen-bond donors (Lipinski definition) is 0. The average molecular weight is 248 g/mol. The van der Waals surface area contributed by atoms with Crippen molar-refractivity contribution in [1.29, 1.82) is 0 Å². The van der Waals surface area contributed by atoms with Gasteiger partial charge in [-0.1, -0.05) is 11.1 Å². The Morgan fingerprint density at radius 3 is 2.39 bits per heavy atom. The molecule has 3 heteroatoms. The molecule has 18 heavy (non-hydrogen) atoms. The normalized spacial score (nSPS) is 29.0. The van der Waals surface area contributed by atoms with E-state index in [1.54, 1.807) is 0 Å². The van der Waals surface area contributed by atoms with Crippen molar-refractivity contribution in [2.75, 3.05) is 0 Å². The molecule has 0 N–H and O–H groups in total. The van der Waals surface area contributed by atoms with E-state index in [0.717, 1.165) is 18.4 Å². The van der Waals surface area contributed by atoms with E-state index in [9.17, 15) is 4.79 Å². The van der Waals surface area contributed by atoms with Crippen LogP contribution in [0.3, 0.4) is 0 Å². The van der Waals surface area contributed by atoms with Gasteiger partial charge in [0.25, 0.3) is 0 Å². The van der Waals surface area contributed by atoms with Crippen molar-refractivity contribution in [3.05, 3.63) is 34.6 Å². The van der Waals surface area contributed by atoms with Gasteiger partial charge >= 0.3 is 5.97 Å². The standard InChI is InChI=1S/C15H20O3/c1-9-5-10(2)7-14-13(6-9)15(16)18-12(4)8-11(3)17-14/h6-7,11-12H,5,8H2,1-4H3/t11-,12+/m0/s1. The summed E-state index contributed by atoms with van der Waals surface area (Å²) >= 11 is 0. The van der Waals surface area contributed by atoms with E-state index in [-0.39, 0.29) is 18.2 Å². The molecule has 0 saturated carbocycles. The van der Waals surface area contributed by atoms with Crippen molar-refractivity contribution >= 4 is 5.97 Å². The maximum atomic E-state index is 12.1. The Bertz CT molecular complexity index is 454. The molecule has 0 aromatic carbocycles. The molecule has 2 aliphatic rings. The molecule has 0 aromatic rings. The molecule has 0 aromatic heterocycles.